The summed E-state index contributed by atoms with van der Waals surface area (Å²) in [7, 11) is 2.98. The Morgan fingerprint density at radius 3 is 2.35 bits per heavy atom. The van der Waals surface area contributed by atoms with Crippen LogP contribution >= 0.6 is 0 Å². The zero-order chi connectivity index (χ0) is 31.5. The summed E-state index contributed by atoms with van der Waals surface area (Å²) < 4.78 is 0. The average Bonchev–Trinajstić information content (AvgIpc) is 2.94. The van der Waals surface area contributed by atoms with E-state index >= 15 is 0 Å². The number of unbranched alkanes of at least 4 members (excludes halogenated alkanes) is 1. The van der Waals surface area contributed by atoms with E-state index in [1.54, 1.807) is 0 Å². The monoisotopic (exact) mass is 596 g/mol. The van der Waals surface area contributed by atoms with Crippen molar-refractivity contribution in [3.63, 3.8) is 0 Å². The highest BCUT2D eigenvalue weighted by Gasteiger charge is 2.67. The van der Waals surface area contributed by atoms with Crippen LogP contribution in [-0.4, -0.2) is 79.7 Å². The number of Topliss-reactive ketones (excluding diaryl/α,β-unsaturated/α-hetero) is 2. The molecule has 4 aliphatic rings. The van der Waals surface area contributed by atoms with Gasteiger partial charge in [0.2, 0.25) is 5.78 Å². The van der Waals surface area contributed by atoms with E-state index in [-0.39, 0.29) is 29.2 Å². The van der Waals surface area contributed by atoms with E-state index in [9.17, 15) is 39.9 Å². The molecular weight excluding hydrogens is 552 g/mol. The van der Waals surface area contributed by atoms with E-state index in [1.165, 1.54) is 19.0 Å². The van der Waals surface area contributed by atoms with E-state index in [1.807, 2.05) is 12.1 Å². The van der Waals surface area contributed by atoms with E-state index < -0.39 is 64.1 Å². The molecule has 0 heterocycles. The number of amides is 1. The largest absolute Gasteiger partial charge is 0.508 e. The number of aliphatic hydroxyl groups excluding tert-OH is 3. The Kier molecular flexibility index (Phi) is 8.26. The first kappa shape index (κ1) is 31.2. The van der Waals surface area contributed by atoms with Gasteiger partial charge >= 0.3 is 0 Å². The molecule has 5 rings (SSSR count). The summed E-state index contributed by atoms with van der Waals surface area (Å²) in [5.74, 6) is -6.81. The van der Waals surface area contributed by atoms with Crippen molar-refractivity contribution in [2.24, 2.45) is 29.4 Å². The highest BCUT2D eigenvalue weighted by Crippen LogP contribution is 2.54. The van der Waals surface area contributed by atoms with E-state index in [4.69, 9.17) is 5.73 Å². The van der Waals surface area contributed by atoms with E-state index in [2.05, 4.69) is 13.8 Å². The van der Waals surface area contributed by atoms with Gasteiger partial charge in [-0.1, -0.05) is 51.7 Å². The van der Waals surface area contributed by atoms with Crippen LogP contribution in [0.1, 0.15) is 81.4 Å². The lowest BCUT2D eigenvalue weighted by molar-refractivity contribution is -0.168. The highest BCUT2D eigenvalue weighted by atomic mass is 16.4. The molecular formula is C33H44N2O8. The molecule has 234 valence electrons. The van der Waals surface area contributed by atoms with E-state index in [0.717, 1.165) is 44.9 Å². The van der Waals surface area contributed by atoms with Crippen LogP contribution in [0.25, 0.3) is 5.76 Å². The zero-order valence-corrected chi connectivity index (χ0v) is 25.3. The molecule has 1 aromatic rings. The first-order valence-electron chi connectivity index (χ1n) is 15.4. The number of hydrogen-bond donors (Lipinski definition) is 6. The average molecular weight is 597 g/mol. The Hall–Kier alpha value is -3.21. The first-order chi connectivity index (χ1) is 20.3. The molecule has 10 heteroatoms. The van der Waals surface area contributed by atoms with Crippen LogP contribution in [0.5, 0.6) is 5.75 Å². The van der Waals surface area contributed by atoms with Crippen molar-refractivity contribution >= 4 is 23.2 Å². The number of aliphatic hydroxyl groups is 4. The smallest absolute Gasteiger partial charge is 0.255 e. The number of hydrogen-bond acceptors (Lipinski definition) is 9. The van der Waals surface area contributed by atoms with Gasteiger partial charge in [0.25, 0.3) is 5.91 Å². The number of nitrogens with zero attached hydrogens (tertiary/aromatic N) is 1. The second-order valence-electron chi connectivity index (χ2n) is 13.4. The van der Waals surface area contributed by atoms with Gasteiger partial charge in [-0.3, -0.25) is 19.3 Å². The van der Waals surface area contributed by atoms with Crippen molar-refractivity contribution in [3.05, 3.63) is 45.7 Å². The van der Waals surface area contributed by atoms with Crippen molar-refractivity contribution in [2.45, 2.75) is 88.9 Å². The molecule has 0 saturated heterocycles. The minimum Gasteiger partial charge on any atom is -0.508 e. The number of primary amides is 1. The standard InChI is InChI=1S/C33H44N2O8/c1-5-6-7-18(16-10-8-15(2)9-11-16)19-13-12-17-14-20-22(28(38)21(17)26(19)36)30(40)33(43)24(27(20)37)25(35(3)4)29(39)23(31(33)41)32(34)42/h12-13,15-16,18,20,24-25,27,36-38,41,43H,5-11,14H2,1-4H3,(H2,34,42)/t15?,16?,18?,20-,24-,25+,27+,33+/m0/s1. The molecule has 1 aromatic carbocycles. The number of fused-ring (bicyclic) bond motifs is 3. The molecule has 0 radical (unpaired) electrons. The molecule has 2 saturated carbocycles. The van der Waals surface area contributed by atoms with Crippen molar-refractivity contribution in [1.29, 1.82) is 0 Å². The van der Waals surface area contributed by atoms with Gasteiger partial charge in [0.1, 0.15) is 22.8 Å². The number of carbonyl (C=O) groups excluding carboxylic acids is 3. The Morgan fingerprint density at radius 2 is 1.77 bits per heavy atom. The van der Waals surface area contributed by atoms with Crippen LogP contribution in [0.3, 0.4) is 0 Å². The number of phenols is 1. The van der Waals surface area contributed by atoms with Crippen LogP contribution in [0, 0.1) is 23.7 Å². The van der Waals surface area contributed by atoms with Gasteiger partial charge in [0.15, 0.2) is 11.4 Å². The SMILES string of the molecule is CCCCC(c1ccc2c(c1O)C(O)=C1C(=O)[C@@]3(O)C(O)=C(C(N)=O)C(=O)[C@H](N(C)C)[C@H]3[C@H](O)[C@H]1C2)C1CCC(C)CC1. The summed E-state index contributed by atoms with van der Waals surface area (Å²) in [6.45, 7) is 4.37. The van der Waals surface area contributed by atoms with Gasteiger partial charge in [0, 0.05) is 11.5 Å². The maximum atomic E-state index is 14.1. The number of benzene rings is 1. The van der Waals surface area contributed by atoms with Gasteiger partial charge in [0.05, 0.1) is 23.6 Å². The molecule has 2 fully saturated rings. The van der Waals surface area contributed by atoms with Gasteiger partial charge in [-0.25, -0.2) is 0 Å². The number of carbonyl (C=O) groups is 3. The highest BCUT2D eigenvalue weighted by molar-refractivity contribution is 6.24. The number of phenolic OH excluding ortho intramolecular Hbond substituents is 1. The summed E-state index contributed by atoms with van der Waals surface area (Å²) >= 11 is 0. The third kappa shape index (κ3) is 4.69. The molecule has 0 aliphatic heterocycles. The van der Waals surface area contributed by atoms with Gasteiger partial charge in [-0.15, -0.1) is 0 Å². The molecule has 6 atom stereocenters. The number of ketones is 2. The Morgan fingerprint density at radius 1 is 1.12 bits per heavy atom. The summed E-state index contributed by atoms with van der Waals surface area (Å²) in [5.41, 5.74) is 2.51. The number of aromatic hydroxyl groups is 1. The van der Waals surface area contributed by atoms with Crippen molar-refractivity contribution in [3.8, 4) is 5.75 Å². The molecule has 43 heavy (non-hydrogen) atoms. The summed E-state index contributed by atoms with van der Waals surface area (Å²) in [4.78, 5) is 41.0. The molecule has 0 bridgehead atoms. The molecule has 4 aliphatic carbocycles. The van der Waals surface area contributed by atoms with Crippen molar-refractivity contribution in [1.82, 2.24) is 4.90 Å². The molecule has 10 nitrogen and oxygen atoms in total. The fourth-order valence-electron chi connectivity index (χ4n) is 8.30. The van der Waals surface area contributed by atoms with Crippen LogP contribution in [0.4, 0.5) is 0 Å². The Bertz CT molecular complexity index is 1410. The normalized spacial score (nSPS) is 33.3. The minimum absolute atomic E-state index is 0.0457. The number of rotatable bonds is 7. The molecule has 1 amide bonds. The van der Waals surface area contributed by atoms with Crippen molar-refractivity contribution in [2.75, 3.05) is 14.1 Å². The lowest BCUT2D eigenvalue weighted by Gasteiger charge is -2.52. The lowest BCUT2D eigenvalue weighted by atomic mass is 9.56. The van der Waals surface area contributed by atoms with Crippen LogP contribution in [0.2, 0.25) is 0 Å². The second-order valence-corrected chi connectivity index (χ2v) is 13.4. The van der Waals surface area contributed by atoms with Crippen LogP contribution in [0.15, 0.2) is 29.0 Å². The predicted octanol–water partition coefficient (Wildman–Crippen LogP) is 3.03. The Balaban J connectivity index is 1.66. The lowest BCUT2D eigenvalue weighted by Crippen LogP contribution is -2.70. The number of nitrogens with two attached hydrogens (primary N) is 1. The quantitative estimate of drug-likeness (QED) is 0.258. The van der Waals surface area contributed by atoms with Gasteiger partial charge in [-0.05, 0) is 68.7 Å². The maximum absolute atomic E-state index is 14.1. The maximum Gasteiger partial charge on any atom is 0.255 e. The zero-order valence-electron chi connectivity index (χ0n) is 25.3. The van der Waals surface area contributed by atoms with E-state index in [0.29, 0.717) is 23.0 Å². The van der Waals surface area contributed by atoms with Gasteiger partial charge in [-0.2, -0.15) is 0 Å². The Labute approximate surface area is 251 Å². The topological polar surface area (TPSA) is 182 Å². The molecule has 0 aromatic heterocycles. The van der Waals surface area contributed by atoms with Crippen molar-refractivity contribution < 1.29 is 39.9 Å². The fourth-order valence-corrected chi connectivity index (χ4v) is 8.30. The molecule has 1 unspecified atom stereocenters. The predicted molar refractivity (Wildman–Crippen MR) is 159 cm³/mol. The minimum atomic E-state index is -2.90. The summed E-state index contributed by atoms with van der Waals surface area (Å²) in [6, 6.07) is 2.34. The third-order valence-corrected chi connectivity index (χ3v) is 10.6. The molecule has 7 N–H and O–H groups in total. The number of likely N-dealkylation sites (N-methyl/N-ethyl adjacent to an activating group) is 1. The van der Waals surface area contributed by atoms with Gasteiger partial charge < -0.3 is 31.3 Å². The first-order valence-corrected chi connectivity index (χ1v) is 15.4. The second kappa shape index (κ2) is 11.4. The van der Waals surface area contributed by atoms with Crippen LogP contribution in [-0.2, 0) is 20.8 Å². The van der Waals surface area contributed by atoms with Crippen LogP contribution < -0.4 is 5.73 Å². The summed E-state index contributed by atoms with van der Waals surface area (Å²) in [5, 5.41) is 57.9. The molecule has 0 spiro atoms. The fraction of sp³-hybridized carbons (Fsp3) is 0.606. The summed E-state index contributed by atoms with van der Waals surface area (Å²) in [6.07, 6.45) is 5.62. The third-order valence-electron chi connectivity index (χ3n) is 10.6.